The van der Waals surface area contributed by atoms with Gasteiger partial charge in [-0.3, -0.25) is 4.79 Å². The molecule has 0 fully saturated rings. The number of halogens is 1. The summed E-state index contributed by atoms with van der Waals surface area (Å²) in [7, 11) is -3.62. The molecule has 128 valence electrons. The van der Waals surface area contributed by atoms with E-state index in [9.17, 15) is 13.2 Å². The van der Waals surface area contributed by atoms with Crippen molar-refractivity contribution in [3.05, 3.63) is 59.1 Å². The van der Waals surface area contributed by atoms with E-state index in [1.54, 1.807) is 45.0 Å². The highest BCUT2D eigenvalue weighted by atomic mass is 35.5. The third-order valence-corrected chi connectivity index (χ3v) is 5.00. The van der Waals surface area contributed by atoms with Gasteiger partial charge >= 0.3 is 0 Å². The summed E-state index contributed by atoms with van der Waals surface area (Å²) in [5, 5.41) is 3.30. The largest absolute Gasteiger partial charge is 0.322 e. The van der Waals surface area contributed by atoms with Gasteiger partial charge < -0.3 is 5.32 Å². The first-order valence-electron chi connectivity index (χ1n) is 7.28. The Labute approximate surface area is 147 Å². The van der Waals surface area contributed by atoms with Gasteiger partial charge in [0.2, 0.25) is 10.0 Å². The summed E-state index contributed by atoms with van der Waals surface area (Å²) < 4.78 is 27.0. The van der Waals surface area contributed by atoms with Crippen LogP contribution in [-0.4, -0.2) is 19.9 Å². The zero-order valence-electron chi connectivity index (χ0n) is 13.6. The van der Waals surface area contributed by atoms with Crippen molar-refractivity contribution in [3.8, 4) is 0 Å². The van der Waals surface area contributed by atoms with Gasteiger partial charge in [-0.25, -0.2) is 13.1 Å². The van der Waals surface area contributed by atoms with E-state index in [-0.39, 0.29) is 10.8 Å². The molecular formula is C17H19ClN2O3S. The predicted molar refractivity (Wildman–Crippen MR) is 95.9 cm³/mol. The van der Waals surface area contributed by atoms with Gasteiger partial charge in [0.1, 0.15) is 0 Å². The molecule has 0 aliphatic carbocycles. The molecule has 7 heteroatoms. The molecule has 0 spiro atoms. The lowest BCUT2D eigenvalue weighted by atomic mass is 10.1. The van der Waals surface area contributed by atoms with Gasteiger partial charge in [0.05, 0.1) is 4.90 Å². The molecule has 0 aliphatic rings. The van der Waals surface area contributed by atoms with Gasteiger partial charge in [0, 0.05) is 21.8 Å². The highest BCUT2D eigenvalue weighted by molar-refractivity contribution is 7.89. The van der Waals surface area contributed by atoms with E-state index < -0.39 is 15.6 Å². The van der Waals surface area contributed by atoms with Crippen molar-refractivity contribution in [2.45, 2.75) is 31.2 Å². The first-order chi connectivity index (χ1) is 11.1. The fourth-order valence-corrected chi connectivity index (χ4v) is 3.53. The van der Waals surface area contributed by atoms with Crippen molar-refractivity contribution in [1.29, 1.82) is 0 Å². The van der Waals surface area contributed by atoms with Crippen LogP contribution in [0.1, 0.15) is 31.1 Å². The normalized spacial score (nSPS) is 12.0. The number of amides is 1. The Hall–Kier alpha value is -1.89. The predicted octanol–water partition coefficient (Wildman–Crippen LogP) is 3.67. The van der Waals surface area contributed by atoms with Crippen LogP contribution >= 0.6 is 11.6 Å². The van der Waals surface area contributed by atoms with Crippen LogP contribution in [0, 0.1) is 0 Å². The van der Waals surface area contributed by atoms with Crippen LogP contribution in [0.2, 0.25) is 5.02 Å². The number of nitrogens with one attached hydrogen (secondary N) is 2. The fraction of sp³-hybridized carbons (Fsp3) is 0.235. The highest BCUT2D eigenvalue weighted by Crippen LogP contribution is 2.17. The van der Waals surface area contributed by atoms with Crippen LogP contribution in [0.3, 0.4) is 0 Å². The van der Waals surface area contributed by atoms with Gasteiger partial charge in [-0.1, -0.05) is 11.6 Å². The number of carbonyl (C=O) groups excluding carboxylic acids is 1. The Morgan fingerprint density at radius 3 is 2.00 bits per heavy atom. The van der Waals surface area contributed by atoms with Crippen LogP contribution in [0.25, 0.3) is 0 Å². The van der Waals surface area contributed by atoms with Crippen LogP contribution in [0.4, 0.5) is 5.69 Å². The molecule has 2 rings (SSSR count). The van der Waals surface area contributed by atoms with E-state index in [2.05, 4.69) is 10.0 Å². The first kappa shape index (κ1) is 18.4. The topological polar surface area (TPSA) is 75.3 Å². The Kier molecular flexibility index (Phi) is 5.32. The monoisotopic (exact) mass is 366 g/mol. The minimum atomic E-state index is -3.62. The average molecular weight is 367 g/mol. The van der Waals surface area contributed by atoms with Gasteiger partial charge in [0.25, 0.3) is 5.91 Å². The number of rotatable bonds is 4. The molecule has 0 aliphatic heterocycles. The van der Waals surface area contributed by atoms with Gasteiger partial charge in [-0.15, -0.1) is 0 Å². The number of hydrogen-bond donors (Lipinski definition) is 2. The van der Waals surface area contributed by atoms with Crippen molar-refractivity contribution in [2.24, 2.45) is 0 Å². The summed E-state index contributed by atoms with van der Waals surface area (Å²) in [5.41, 5.74) is 0.388. The molecule has 0 saturated carbocycles. The molecule has 2 N–H and O–H groups in total. The second-order valence-corrected chi connectivity index (χ2v) is 8.46. The van der Waals surface area contributed by atoms with Crippen molar-refractivity contribution < 1.29 is 13.2 Å². The maximum atomic E-state index is 12.2. The molecule has 0 saturated heterocycles. The van der Waals surface area contributed by atoms with Crippen LogP contribution < -0.4 is 10.0 Å². The lowest BCUT2D eigenvalue weighted by molar-refractivity contribution is 0.102. The molecule has 0 unspecified atom stereocenters. The minimum absolute atomic E-state index is 0.112. The quantitative estimate of drug-likeness (QED) is 0.866. The second-order valence-electron chi connectivity index (χ2n) is 6.34. The minimum Gasteiger partial charge on any atom is -0.322 e. The summed E-state index contributed by atoms with van der Waals surface area (Å²) in [6.45, 7) is 5.29. The van der Waals surface area contributed by atoms with Crippen LogP contribution in [0.5, 0.6) is 0 Å². The first-order valence-corrected chi connectivity index (χ1v) is 9.14. The van der Waals surface area contributed by atoms with E-state index >= 15 is 0 Å². The van der Waals surface area contributed by atoms with E-state index in [1.807, 2.05) is 0 Å². The molecule has 0 atom stereocenters. The fourth-order valence-electron chi connectivity index (χ4n) is 1.98. The van der Waals surface area contributed by atoms with Crippen molar-refractivity contribution >= 4 is 33.2 Å². The SMILES string of the molecule is CC(C)(C)NS(=O)(=O)c1ccc(C(=O)Nc2ccc(Cl)cc2)cc1. The highest BCUT2D eigenvalue weighted by Gasteiger charge is 2.22. The molecular weight excluding hydrogens is 348 g/mol. The molecule has 0 bridgehead atoms. The summed E-state index contributed by atoms with van der Waals surface area (Å²) in [4.78, 5) is 12.3. The molecule has 1 amide bonds. The van der Waals surface area contributed by atoms with Gasteiger partial charge in [-0.05, 0) is 69.3 Å². The van der Waals surface area contributed by atoms with Crippen LogP contribution in [0.15, 0.2) is 53.4 Å². The Morgan fingerprint density at radius 2 is 1.50 bits per heavy atom. The second kappa shape index (κ2) is 6.93. The summed E-state index contributed by atoms with van der Waals surface area (Å²) in [6.07, 6.45) is 0. The van der Waals surface area contributed by atoms with Gasteiger partial charge in [0.15, 0.2) is 0 Å². The Morgan fingerprint density at radius 1 is 0.958 bits per heavy atom. The third-order valence-electron chi connectivity index (χ3n) is 2.97. The average Bonchev–Trinajstić information content (AvgIpc) is 2.47. The Balaban J connectivity index is 2.14. The smallest absolute Gasteiger partial charge is 0.255 e. The Bertz CT molecular complexity index is 824. The number of sulfonamides is 1. The van der Waals surface area contributed by atoms with E-state index in [0.717, 1.165) is 0 Å². The zero-order chi connectivity index (χ0) is 18.0. The maximum Gasteiger partial charge on any atom is 0.255 e. The van der Waals surface area contributed by atoms with Crippen molar-refractivity contribution in [3.63, 3.8) is 0 Å². The van der Waals surface area contributed by atoms with Crippen molar-refractivity contribution in [2.75, 3.05) is 5.32 Å². The zero-order valence-corrected chi connectivity index (χ0v) is 15.2. The number of carbonyl (C=O) groups is 1. The van der Waals surface area contributed by atoms with Crippen LogP contribution in [-0.2, 0) is 10.0 Å². The molecule has 5 nitrogen and oxygen atoms in total. The molecule has 24 heavy (non-hydrogen) atoms. The maximum absolute atomic E-state index is 12.2. The molecule has 2 aromatic carbocycles. The van der Waals surface area contributed by atoms with Crippen molar-refractivity contribution in [1.82, 2.24) is 4.72 Å². The molecule has 0 heterocycles. The summed E-state index contributed by atoms with van der Waals surface area (Å²) in [6, 6.07) is 12.5. The number of anilines is 1. The van der Waals surface area contributed by atoms with E-state index in [0.29, 0.717) is 16.3 Å². The molecule has 0 radical (unpaired) electrons. The summed E-state index contributed by atoms with van der Waals surface area (Å²) >= 11 is 5.80. The lowest BCUT2D eigenvalue weighted by Gasteiger charge is -2.20. The molecule has 0 aromatic heterocycles. The summed E-state index contributed by atoms with van der Waals surface area (Å²) in [5.74, 6) is -0.329. The molecule has 2 aromatic rings. The lowest BCUT2D eigenvalue weighted by Crippen LogP contribution is -2.40. The third kappa shape index (κ3) is 5.06. The number of hydrogen-bond acceptors (Lipinski definition) is 3. The number of benzene rings is 2. The van der Waals surface area contributed by atoms with Gasteiger partial charge in [-0.2, -0.15) is 0 Å². The van der Waals surface area contributed by atoms with E-state index in [4.69, 9.17) is 11.6 Å². The standard InChI is InChI=1S/C17H19ClN2O3S/c1-17(2,3)20-24(22,23)15-10-4-12(5-11-15)16(21)19-14-8-6-13(18)7-9-14/h4-11,20H,1-3H3,(H,19,21). The van der Waals surface area contributed by atoms with E-state index in [1.165, 1.54) is 24.3 Å².